The van der Waals surface area contributed by atoms with Gasteiger partial charge in [-0.1, -0.05) is 0 Å². The third-order valence-electron chi connectivity index (χ3n) is 5.61. The number of hydrogen-bond donors (Lipinski definition) is 2. The summed E-state index contributed by atoms with van der Waals surface area (Å²) in [4.78, 5) is 12.8. The molecule has 1 aromatic rings. The first-order valence-corrected chi connectivity index (χ1v) is 11.0. The van der Waals surface area contributed by atoms with Gasteiger partial charge in [-0.3, -0.25) is 4.79 Å². The predicted molar refractivity (Wildman–Crippen MR) is 103 cm³/mol. The van der Waals surface area contributed by atoms with E-state index in [0.717, 1.165) is 19.4 Å². The molecule has 0 radical (unpaired) electrons. The Kier molecular flexibility index (Phi) is 6.39. The van der Waals surface area contributed by atoms with E-state index in [1.54, 1.807) is 31.4 Å². The Morgan fingerprint density at radius 2 is 1.85 bits per heavy atom. The summed E-state index contributed by atoms with van der Waals surface area (Å²) in [6.45, 7) is 3.82. The number of methoxy groups -OCH3 is 1. The van der Waals surface area contributed by atoms with E-state index in [0.29, 0.717) is 31.7 Å². The average molecular weight is 396 g/mol. The second-order valence-corrected chi connectivity index (χ2v) is 9.29. The molecule has 2 unspecified atom stereocenters. The summed E-state index contributed by atoms with van der Waals surface area (Å²) in [7, 11) is -1.99. The minimum Gasteiger partial charge on any atom is -0.497 e. The van der Waals surface area contributed by atoms with Crippen molar-refractivity contribution >= 4 is 15.9 Å². The molecule has 1 aromatic carbocycles. The molecule has 2 N–H and O–H groups in total. The first-order valence-electron chi connectivity index (χ1n) is 9.60. The molecule has 2 heterocycles. The van der Waals surface area contributed by atoms with Gasteiger partial charge in [-0.05, 0) is 63.4 Å². The van der Waals surface area contributed by atoms with Crippen LogP contribution in [-0.2, 0) is 14.8 Å². The van der Waals surface area contributed by atoms with Crippen molar-refractivity contribution in [3.05, 3.63) is 24.3 Å². The molecule has 8 heteroatoms. The van der Waals surface area contributed by atoms with E-state index in [-0.39, 0.29) is 28.8 Å². The van der Waals surface area contributed by atoms with Gasteiger partial charge < -0.3 is 15.4 Å². The minimum atomic E-state index is -3.54. The highest BCUT2D eigenvalue weighted by Crippen LogP contribution is 2.25. The summed E-state index contributed by atoms with van der Waals surface area (Å²) in [5, 5.41) is 6.54. The van der Waals surface area contributed by atoms with Gasteiger partial charge in [0.15, 0.2) is 0 Å². The highest BCUT2D eigenvalue weighted by Gasteiger charge is 2.33. The molecular weight excluding hydrogens is 366 g/mol. The maximum atomic E-state index is 12.8. The van der Waals surface area contributed by atoms with Gasteiger partial charge in [0.1, 0.15) is 5.75 Å². The van der Waals surface area contributed by atoms with Crippen LogP contribution in [0.2, 0.25) is 0 Å². The number of rotatable bonds is 5. The number of piperidine rings is 2. The molecule has 2 fully saturated rings. The molecule has 150 valence electrons. The fourth-order valence-corrected chi connectivity index (χ4v) is 5.27. The number of hydrogen-bond acceptors (Lipinski definition) is 5. The second-order valence-electron chi connectivity index (χ2n) is 7.35. The highest BCUT2D eigenvalue weighted by molar-refractivity contribution is 7.89. The van der Waals surface area contributed by atoms with Gasteiger partial charge in [0.2, 0.25) is 15.9 Å². The predicted octanol–water partition coefficient (Wildman–Crippen LogP) is 1.35. The van der Waals surface area contributed by atoms with E-state index in [1.165, 1.54) is 4.31 Å². The summed E-state index contributed by atoms with van der Waals surface area (Å²) >= 11 is 0. The number of ether oxygens (including phenoxy) is 1. The van der Waals surface area contributed by atoms with Crippen LogP contribution in [-0.4, -0.2) is 57.5 Å². The van der Waals surface area contributed by atoms with Crippen LogP contribution >= 0.6 is 0 Å². The van der Waals surface area contributed by atoms with E-state index in [1.807, 2.05) is 0 Å². The van der Waals surface area contributed by atoms with Crippen molar-refractivity contribution in [3.8, 4) is 5.75 Å². The van der Waals surface area contributed by atoms with Crippen LogP contribution in [0.4, 0.5) is 0 Å². The summed E-state index contributed by atoms with van der Waals surface area (Å²) < 4.78 is 32.2. The molecule has 0 aromatic heterocycles. The number of nitrogens with zero attached hydrogens (tertiary/aromatic N) is 1. The number of carbonyl (C=O) groups is 1. The van der Waals surface area contributed by atoms with Crippen LogP contribution in [0.3, 0.4) is 0 Å². The number of nitrogens with one attached hydrogen (secondary N) is 2. The number of carbonyl (C=O) groups excluding carboxylic acids is 1. The van der Waals surface area contributed by atoms with Crippen LogP contribution in [0.1, 0.15) is 32.6 Å². The molecule has 0 bridgehead atoms. The smallest absolute Gasteiger partial charge is 0.243 e. The summed E-state index contributed by atoms with van der Waals surface area (Å²) in [5.74, 6) is 0.550. The highest BCUT2D eigenvalue weighted by atomic mass is 32.2. The van der Waals surface area contributed by atoms with Gasteiger partial charge in [0, 0.05) is 31.1 Å². The van der Waals surface area contributed by atoms with E-state index in [2.05, 4.69) is 17.6 Å². The summed E-state index contributed by atoms with van der Waals surface area (Å²) in [6, 6.07) is 6.85. The number of amides is 1. The van der Waals surface area contributed by atoms with E-state index in [4.69, 9.17) is 4.74 Å². The van der Waals surface area contributed by atoms with Crippen molar-refractivity contribution in [1.29, 1.82) is 0 Å². The SMILES string of the molecule is COc1ccc(S(=O)(=O)N2CCC(C(=O)NC3CCCNC3C)CC2)cc1. The topological polar surface area (TPSA) is 87.7 Å². The molecule has 2 saturated heterocycles. The number of sulfonamides is 1. The normalized spacial score (nSPS) is 25.1. The summed E-state index contributed by atoms with van der Waals surface area (Å²) in [6.07, 6.45) is 3.16. The van der Waals surface area contributed by atoms with Gasteiger partial charge in [0.05, 0.1) is 12.0 Å². The van der Waals surface area contributed by atoms with Crippen LogP contribution in [0, 0.1) is 5.92 Å². The first-order chi connectivity index (χ1) is 12.9. The molecule has 0 spiro atoms. The Bertz CT molecular complexity index is 743. The molecule has 0 aliphatic carbocycles. The Morgan fingerprint density at radius 3 is 2.44 bits per heavy atom. The molecule has 0 saturated carbocycles. The van der Waals surface area contributed by atoms with Crippen molar-refractivity contribution in [2.75, 3.05) is 26.7 Å². The zero-order valence-electron chi connectivity index (χ0n) is 16.0. The standard InChI is InChI=1S/C19H29N3O4S/c1-14-18(4-3-11-20-14)21-19(23)15-9-12-22(13-10-15)27(24,25)17-7-5-16(26-2)6-8-17/h5-8,14-15,18,20H,3-4,9-13H2,1-2H3,(H,21,23). The summed E-state index contributed by atoms with van der Waals surface area (Å²) in [5.41, 5.74) is 0. The molecule has 2 aliphatic rings. The number of benzene rings is 1. The van der Waals surface area contributed by atoms with Crippen LogP contribution in [0.5, 0.6) is 5.75 Å². The van der Waals surface area contributed by atoms with Crippen LogP contribution in [0.15, 0.2) is 29.2 Å². The third-order valence-corrected chi connectivity index (χ3v) is 7.52. The minimum absolute atomic E-state index is 0.0528. The van der Waals surface area contributed by atoms with E-state index in [9.17, 15) is 13.2 Å². The van der Waals surface area contributed by atoms with E-state index < -0.39 is 10.0 Å². The molecule has 3 rings (SSSR count). The lowest BCUT2D eigenvalue weighted by Crippen LogP contribution is -2.54. The van der Waals surface area contributed by atoms with Gasteiger partial charge in [0.25, 0.3) is 0 Å². The first kappa shape index (κ1) is 20.1. The molecule has 7 nitrogen and oxygen atoms in total. The molecule has 2 atom stereocenters. The zero-order valence-corrected chi connectivity index (χ0v) is 16.8. The maximum absolute atomic E-state index is 12.8. The van der Waals surface area contributed by atoms with Gasteiger partial charge >= 0.3 is 0 Å². The van der Waals surface area contributed by atoms with Crippen molar-refractivity contribution in [2.24, 2.45) is 5.92 Å². The van der Waals surface area contributed by atoms with Gasteiger partial charge in [-0.2, -0.15) is 4.31 Å². The van der Waals surface area contributed by atoms with Crippen molar-refractivity contribution < 1.29 is 17.9 Å². The maximum Gasteiger partial charge on any atom is 0.243 e. The molecule has 2 aliphatic heterocycles. The lowest BCUT2D eigenvalue weighted by molar-refractivity contribution is -0.127. The lowest BCUT2D eigenvalue weighted by atomic mass is 9.94. The van der Waals surface area contributed by atoms with Crippen molar-refractivity contribution in [3.63, 3.8) is 0 Å². The van der Waals surface area contributed by atoms with E-state index >= 15 is 0 Å². The largest absolute Gasteiger partial charge is 0.497 e. The zero-order chi connectivity index (χ0) is 19.4. The van der Waals surface area contributed by atoms with Crippen LogP contribution in [0.25, 0.3) is 0 Å². The fraction of sp³-hybridized carbons (Fsp3) is 0.632. The lowest BCUT2D eigenvalue weighted by Gasteiger charge is -2.34. The quantitative estimate of drug-likeness (QED) is 0.786. The van der Waals surface area contributed by atoms with Gasteiger partial charge in [-0.15, -0.1) is 0 Å². The van der Waals surface area contributed by atoms with Crippen molar-refractivity contribution in [2.45, 2.75) is 49.6 Å². The molecular formula is C19H29N3O4S. The Hall–Kier alpha value is -1.64. The monoisotopic (exact) mass is 395 g/mol. The Morgan fingerprint density at radius 1 is 1.19 bits per heavy atom. The van der Waals surface area contributed by atoms with Crippen LogP contribution < -0.4 is 15.4 Å². The average Bonchev–Trinajstić information content (AvgIpc) is 2.70. The Labute approximate surface area is 161 Å². The second kappa shape index (κ2) is 8.58. The molecule has 1 amide bonds. The molecule has 27 heavy (non-hydrogen) atoms. The van der Waals surface area contributed by atoms with Gasteiger partial charge in [-0.25, -0.2) is 8.42 Å². The fourth-order valence-electron chi connectivity index (χ4n) is 3.80. The van der Waals surface area contributed by atoms with Crippen molar-refractivity contribution in [1.82, 2.24) is 14.9 Å². The Balaban J connectivity index is 1.56. The third kappa shape index (κ3) is 4.62.